The summed E-state index contributed by atoms with van der Waals surface area (Å²) in [7, 11) is -5.63. The number of nitrogen functional groups attached to an aromatic ring is 1. The van der Waals surface area contributed by atoms with Crippen molar-refractivity contribution < 1.29 is 40.2 Å². The fraction of sp³-hybridized carbons (Fsp3) is 0.281. The molecule has 254 valence electrons. The van der Waals surface area contributed by atoms with E-state index in [4.69, 9.17) is 19.9 Å². The maximum absolute atomic E-state index is 11.6. The molecular weight excluding hydrogens is 663 g/mol. The zero-order valence-electron chi connectivity index (χ0n) is 26.2. The third-order valence-corrected chi connectivity index (χ3v) is 9.16. The van der Waals surface area contributed by atoms with Crippen LogP contribution in [0.1, 0.15) is 5.56 Å². The monoisotopic (exact) mass is 697 g/mol. The van der Waals surface area contributed by atoms with E-state index in [-0.39, 0.29) is 25.5 Å². The van der Waals surface area contributed by atoms with Gasteiger partial charge < -0.3 is 19.9 Å². The number of aromatic nitrogens is 3. The van der Waals surface area contributed by atoms with Gasteiger partial charge in [0.05, 0.1) is 43.1 Å². The molecule has 0 amide bonds. The number of pyridine rings is 3. The van der Waals surface area contributed by atoms with E-state index < -0.39 is 37.8 Å². The summed E-state index contributed by atoms with van der Waals surface area (Å²) in [6, 6.07) is 15.9. The highest BCUT2D eigenvalue weighted by atomic mass is 32.2. The Morgan fingerprint density at radius 2 is 1.50 bits per heavy atom. The van der Waals surface area contributed by atoms with Crippen LogP contribution in [0.2, 0.25) is 0 Å². The Hall–Kier alpha value is -4.61. The number of ether oxygens (including phenoxy) is 3. The summed E-state index contributed by atoms with van der Waals surface area (Å²) in [5.74, 6) is 0.405. The van der Waals surface area contributed by atoms with Crippen molar-refractivity contribution in [2.24, 2.45) is 0 Å². The van der Waals surface area contributed by atoms with Gasteiger partial charge in [0.1, 0.15) is 18.2 Å². The number of nitrogens with zero attached hydrogens (tertiary/aromatic N) is 4. The number of rotatable bonds is 15. The molecule has 0 spiro atoms. The minimum absolute atomic E-state index is 0.0117. The standard InChI is InChI=1S/C32H35N5O9S2/c1-44-30-15-26-25-14-28(36-32(33)27(25)19-35-29(26)16-31(30)45-2)22-13-24(18-34-17-22)46-20-23(12-21-6-4-3-5-7-21)37(8-10-47(38,39)40)9-11-48(41,42)43/h3-7,13-19,23H,8-12,20H2,1-2H3,(H2,33,36)(H,38,39,40)(H,41,42,43). The first-order chi connectivity index (χ1) is 22.8. The largest absolute Gasteiger partial charge is 0.493 e. The van der Waals surface area contributed by atoms with E-state index >= 15 is 0 Å². The fourth-order valence-corrected chi connectivity index (χ4v) is 6.29. The molecule has 1 atom stereocenters. The molecule has 2 aromatic carbocycles. The molecule has 0 fully saturated rings. The van der Waals surface area contributed by atoms with Crippen LogP contribution in [0, 0.1) is 0 Å². The molecule has 0 bridgehead atoms. The molecule has 0 radical (unpaired) electrons. The third kappa shape index (κ3) is 8.84. The van der Waals surface area contributed by atoms with Crippen LogP contribution in [0.25, 0.3) is 32.9 Å². The van der Waals surface area contributed by atoms with Crippen LogP contribution in [0.5, 0.6) is 17.2 Å². The van der Waals surface area contributed by atoms with Crippen LogP contribution >= 0.6 is 0 Å². The molecule has 0 saturated carbocycles. The quantitative estimate of drug-likeness (QED) is 0.106. The summed E-state index contributed by atoms with van der Waals surface area (Å²) in [6.45, 7) is -0.414. The van der Waals surface area contributed by atoms with Crippen molar-refractivity contribution in [1.29, 1.82) is 0 Å². The Morgan fingerprint density at radius 3 is 2.15 bits per heavy atom. The second-order valence-corrected chi connectivity index (χ2v) is 14.2. The summed E-state index contributed by atoms with van der Waals surface area (Å²) in [5, 5.41) is 2.21. The van der Waals surface area contributed by atoms with E-state index in [9.17, 15) is 25.9 Å². The van der Waals surface area contributed by atoms with Gasteiger partial charge in [-0.1, -0.05) is 30.3 Å². The maximum Gasteiger partial charge on any atom is 0.266 e. The summed E-state index contributed by atoms with van der Waals surface area (Å²) in [4.78, 5) is 15.0. The number of hydrogen-bond acceptors (Lipinski definition) is 12. The second kappa shape index (κ2) is 14.7. The highest BCUT2D eigenvalue weighted by Crippen LogP contribution is 2.37. The van der Waals surface area contributed by atoms with Gasteiger partial charge in [0, 0.05) is 53.9 Å². The van der Waals surface area contributed by atoms with Crippen molar-refractivity contribution >= 4 is 47.7 Å². The van der Waals surface area contributed by atoms with Gasteiger partial charge in [-0.05, 0) is 35.6 Å². The Kier molecular flexibility index (Phi) is 10.6. The average molecular weight is 698 g/mol. The van der Waals surface area contributed by atoms with Crippen LogP contribution in [0.4, 0.5) is 5.82 Å². The zero-order valence-corrected chi connectivity index (χ0v) is 27.8. The van der Waals surface area contributed by atoms with Crippen molar-refractivity contribution in [3.63, 3.8) is 0 Å². The molecule has 0 saturated heterocycles. The molecule has 1 unspecified atom stereocenters. The van der Waals surface area contributed by atoms with Crippen molar-refractivity contribution in [2.45, 2.75) is 12.5 Å². The van der Waals surface area contributed by atoms with Crippen LogP contribution < -0.4 is 19.9 Å². The fourth-order valence-electron chi connectivity index (χ4n) is 5.36. The van der Waals surface area contributed by atoms with Gasteiger partial charge in [-0.2, -0.15) is 16.8 Å². The molecule has 5 aromatic rings. The van der Waals surface area contributed by atoms with Crippen molar-refractivity contribution in [3.05, 3.63) is 78.8 Å². The number of anilines is 1. The van der Waals surface area contributed by atoms with E-state index in [1.807, 2.05) is 42.5 Å². The lowest BCUT2D eigenvalue weighted by atomic mass is 10.0. The van der Waals surface area contributed by atoms with Gasteiger partial charge in [-0.15, -0.1) is 0 Å². The number of nitrogens with two attached hydrogens (primary N) is 1. The van der Waals surface area contributed by atoms with E-state index in [0.29, 0.717) is 45.8 Å². The van der Waals surface area contributed by atoms with Gasteiger partial charge in [0.2, 0.25) is 0 Å². The molecule has 0 aliphatic carbocycles. The van der Waals surface area contributed by atoms with E-state index in [1.165, 1.54) is 6.20 Å². The first kappa shape index (κ1) is 34.7. The average Bonchev–Trinajstić information content (AvgIpc) is 3.05. The minimum atomic E-state index is -4.36. The van der Waals surface area contributed by atoms with Crippen LogP contribution in [0.15, 0.2) is 73.2 Å². The molecular formula is C32H35N5O9S2. The Morgan fingerprint density at radius 1 is 0.833 bits per heavy atom. The number of hydrogen-bond donors (Lipinski definition) is 3. The van der Waals surface area contributed by atoms with Gasteiger partial charge in [0.15, 0.2) is 11.5 Å². The molecule has 4 N–H and O–H groups in total. The Labute approximate surface area is 278 Å². The molecule has 3 aromatic heterocycles. The smallest absolute Gasteiger partial charge is 0.266 e. The first-order valence-corrected chi connectivity index (χ1v) is 17.9. The maximum atomic E-state index is 11.6. The third-order valence-electron chi connectivity index (χ3n) is 7.77. The van der Waals surface area contributed by atoms with E-state index in [1.54, 1.807) is 43.6 Å². The summed E-state index contributed by atoms with van der Waals surface area (Å²) in [5.41, 5.74) is 9.06. The van der Waals surface area contributed by atoms with Gasteiger partial charge in [0.25, 0.3) is 20.2 Å². The van der Waals surface area contributed by atoms with Gasteiger partial charge >= 0.3 is 0 Å². The predicted octanol–water partition coefficient (Wildman–Crippen LogP) is 3.51. The second-order valence-electron chi connectivity index (χ2n) is 11.0. The van der Waals surface area contributed by atoms with Crippen LogP contribution in [-0.4, -0.2) is 97.3 Å². The summed E-state index contributed by atoms with van der Waals surface area (Å²) < 4.78 is 82.3. The summed E-state index contributed by atoms with van der Waals surface area (Å²) >= 11 is 0. The predicted molar refractivity (Wildman–Crippen MR) is 182 cm³/mol. The number of benzene rings is 2. The SMILES string of the molecule is COc1cc2ncc3c(N)nc(-c4cncc(OCC(Cc5ccccc5)N(CCS(=O)(=O)O)CCS(=O)(=O)O)c4)cc3c2cc1OC. The van der Waals surface area contributed by atoms with Crippen molar-refractivity contribution in [3.8, 4) is 28.5 Å². The van der Waals surface area contributed by atoms with E-state index in [0.717, 1.165) is 16.3 Å². The van der Waals surface area contributed by atoms with Crippen molar-refractivity contribution in [2.75, 3.05) is 51.2 Å². The van der Waals surface area contributed by atoms with Crippen molar-refractivity contribution in [1.82, 2.24) is 19.9 Å². The Bertz CT molecular complexity index is 2100. The van der Waals surface area contributed by atoms with Crippen LogP contribution in [-0.2, 0) is 26.7 Å². The molecule has 5 rings (SSSR count). The minimum Gasteiger partial charge on any atom is -0.493 e. The Balaban J connectivity index is 1.46. The zero-order chi connectivity index (χ0) is 34.5. The summed E-state index contributed by atoms with van der Waals surface area (Å²) in [6.07, 6.45) is 5.11. The molecule has 0 aliphatic heterocycles. The molecule has 14 nitrogen and oxygen atoms in total. The normalized spacial score (nSPS) is 12.8. The van der Waals surface area contributed by atoms with Crippen LogP contribution in [0.3, 0.4) is 0 Å². The number of fused-ring (bicyclic) bond motifs is 3. The topological polar surface area (TPSA) is 204 Å². The highest BCUT2D eigenvalue weighted by Gasteiger charge is 2.24. The van der Waals surface area contributed by atoms with E-state index in [2.05, 4.69) is 15.0 Å². The lowest BCUT2D eigenvalue weighted by molar-refractivity contribution is 0.145. The molecule has 16 heteroatoms. The molecule has 48 heavy (non-hydrogen) atoms. The first-order valence-electron chi connectivity index (χ1n) is 14.7. The molecule has 3 heterocycles. The number of methoxy groups -OCH3 is 2. The molecule has 0 aliphatic rings. The highest BCUT2D eigenvalue weighted by molar-refractivity contribution is 7.86. The van der Waals surface area contributed by atoms with Gasteiger partial charge in [-0.25, -0.2) is 4.98 Å². The lowest BCUT2D eigenvalue weighted by Gasteiger charge is -2.31. The lowest BCUT2D eigenvalue weighted by Crippen LogP contribution is -2.45. The van der Waals surface area contributed by atoms with Gasteiger partial charge in [-0.3, -0.25) is 24.0 Å².